The van der Waals surface area contributed by atoms with Crippen LogP contribution in [0.1, 0.15) is 17.5 Å². The number of nitrogens with one attached hydrogen (secondary N) is 1. The smallest absolute Gasteiger partial charge is 0.287 e. The summed E-state index contributed by atoms with van der Waals surface area (Å²) in [7, 11) is 0. The first-order valence-electron chi connectivity index (χ1n) is 8.25. The summed E-state index contributed by atoms with van der Waals surface area (Å²) in [6, 6.07) is 9.52. The summed E-state index contributed by atoms with van der Waals surface area (Å²) in [4.78, 5) is 20.0. The van der Waals surface area contributed by atoms with Gasteiger partial charge in [0.2, 0.25) is 0 Å². The highest BCUT2D eigenvalue weighted by Gasteiger charge is 2.18. The van der Waals surface area contributed by atoms with Crippen LogP contribution < -0.4 is 4.90 Å². The first-order valence-corrected chi connectivity index (χ1v) is 8.25. The van der Waals surface area contributed by atoms with Crippen molar-refractivity contribution in [2.24, 2.45) is 0 Å². The lowest BCUT2D eigenvalue weighted by Gasteiger charge is -2.27. The molecule has 3 heterocycles. The van der Waals surface area contributed by atoms with Gasteiger partial charge in [0.1, 0.15) is 12.0 Å². The number of hydrogen-bond acceptors (Lipinski definition) is 4. The second kappa shape index (κ2) is 6.05. The third-order valence-electron chi connectivity index (χ3n) is 4.74. The molecule has 4 rings (SSSR count). The van der Waals surface area contributed by atoms with E-state index in [1.807, 2.05) is 0 Å². The van der Waals surface area contributed by atoms with E-state index in [9.17, 15) is 10.1 Å². The van der Waals surface area contributed by atoms with E-state index < -0.39 is 4.92 Å². The van der Waals surface area contributed by atoms with Gasteiger partial charge in [0.15, 0.2) is 0 Å². The van der Waals surface area contributed by atoms with Crippen LogP contribution in [0.2, 0.25) is 0 Å². The van der Waals surface area contributed by atoms with Crippen molar-refractivity contribution >= 4 is 28.0 Å². The van der Waals surface area contributed by atoms with Crippen molar-refractivity contribution in [1.29, 1.82) is 0 Å². The van der Waals surface area contributed by atoms with E-state index >= 15 is 0 Å². The van der Waals surface area contributed by atoms with Crippen molar-refractivity contribution in [2.45, 2.75) is 13.3 Å². The quantitative estimate of drug-likeness (QED) is 0.578. The van der Waals surface area contributed by atoms with Crippen molar-refractivity contribution < 1.29 is 4.92 Å². The Kier molecular flexibility index (Phi) is 3.72. The predicted molar refractivity (Wildman–Crippen MR) is 98.7 cm³/mol. The Hall–Kier alpha value is -3.15. The average Bonchev–Trinajstić information content (AvgIpc) is 3.07. The second-order valence-corrected chi connectivity index (χ2v) is 6.26. The Morgan fingerprint density at radius 1 is 1.28 bits per heavy atom. The van der Waals surface area contributed by atoms with E-state index in [1.54, 1.807) is 6.07 Å². The molecule has 2 aromatic heterocycles. The Balaban J connectivity index is 1.58. The molecule has 1 N–H and O–H groups in total. The van der Waals surface area contributed by atoms with Gasteiger partial charge in [0.05, 0.1) is 4.92 Å². The molecule has 0 atom stereocenters. The van der Waals surface area contributed by atoms with Crippen LogP contribution >= 0.6 is 0 Å². The van der Waals surface area contributed by atoms with Gasteiger partial charge in [-0.3, -0.25) is 10.1 Å². The molecule has 6 nitrogen and oxygen atoms in total. The molecule has 0 amide bonds. The molecule has 0 spiro atoms. The summed E-state index contributed by atoms with van der Waals surface area (Å²) in [5.41, 5.74) is 5.05. The van der Waals surface area contributed by atoms with Gasteiger partial charge in [-0.05, 0) is 36.6 Å². The minimum Gasteiger partial charge on any atom is -0.361 e. The van der Waals surface area contributed by atoms with E-state index in [1.165, 1.54) is 34.3 Å². The lowest BCUT2D eigenvalue weighted by Crippen LogP contribution is -2.28. The van der Waals surface area contributed by atoms with Gasteiger partial charge < -0.3 is 9.88 Å². The number of fused-ring (bicyclic) bond motifs is 1. The van der Waals surface area contributed by atoms with Gasteiger partial charge in [0.25, 0.3) is 5.69 Å². The standard InChI is InChI=1S/C19H18N4O2/c1-13-3-2-4-17-19(13)16(12-20-17)14-7-9-22(10-8-14)18-6-5-15(11-21-18)23(24)25/h2-7,11-12,20H,8-10H2,1H3. The number of nitro groups is 1. The molecule has 0 saturated heterocycles. The molecular formula is C19H18N4O2. The minimum absolute atomic E-state index is 0.0197. The number of anilines is 1. The van der Waals surface area contributed by atoms with Gasteiger partial charge in [-0.1, -0.05) is 18.2 Å². The van der Waals surface area contributed by atoms with Crippen LogP contribution in [0.5, 0.6) is 0 Å². The fraction of sp³-hybridized carbons (Fsp3) is 0.211. The number of aromatic nitrogens is 2. The zero-order chi connectivity index (χ0) is 17.4. The van der Waals surface area contributed by atoms with Crippen LogP contribution in [0.15, 0.2) is 48.8 Å². The molecule has 0 bridgehead atoms. The molecule has 6 heteroatoms. The van der Waals surface area contributed by atoms with Crippen LogP contribution in [0.25, 0.3) is 16.5 Å². The van der Waals surface area contributed by atoms with E-state index in [-0.39, 0.29) is 5.69 Å². The van der Waals surface area contributed by atoms with Gasteiger partial charge in [-0.2, -0.15) is 0 Å². The number of aromatic amines is 1. The van der Waals surface area contributed by atoms with E-state index in [0.29, 0.717) is 0 Å². The van der Waals surface area contributed by atoms with E-state index in [2.05, 4.69) is 52.3 Å². The van der Waals surface area contributed by atoms with Crippen LogP contribution in [0.3, 0.4) is 0 Å². The summed E-state index contributed by atoms with van der Waals surface area (Å²) < 4.78 is 0. The highest BCUT2D eigenvalue weighted by molar-refractivity contribution is 5.95. The molecule has 0 aliphatic carbocycles. The summed E-state index contributed by atoms with van der Waals surface area (Å²) in [6.45, 7) is 3.73. The lowest BCUT2D eigenvalue weighted by molar-refractivity contribution is -0.385. The van der Waals surface area contributed by atoms with Crippen molar-refractivity contribution in [1.82, 2.24) is 9.97 Å². The second-order valence-electron chi connectivity index (χ2n) is 6.26. The Labute approximate surface area is 145 Å². The number of rotatable bonds is 3. The molecule has 3 aromatic rings. The van der Waals surface area contributed by atoms with Crippen LogP contribution in [-0.4, -0.2) is 28.0 Å². The first kappa shape index (κ1) is 15.4. The number of H-pyrrole nitrogens is 1. The fourth-order valence-corrected chi connectivity index (χ4v) is 3.42. The monoisotopic (exact) mass is 334 g/mol. The van der Waals surface area contributed by atoms with Crippen LogP contribution in [0, 0.1) is 17.0 Å². The maximum absolute atomic E-state index is 10.7. The molecule has 1 aliphatic heterocycles. The Bertz CT molecular complexity index is 973. The van der Waals surface area contributed by atoms with Gasteiger partial charge in [0, 0.05) is 41.8 Å². The normalized spacial score (nSPS) is 14.6. The van der Waals surface area contributed by atoms with E-state index in [0.717, 1.165) is 30.8 Å². The Morgan fingerprint density at radius 2 is 2.16 bits per heavy atom. The third-order valence-corrected chi connectivity index (χ3v) is 4.74. The maximum atomic E-state index is 10.7. The number of benzene rings is 1. The number of nitrogens with zero attached hydrogens (tertiary/aromatic N) is 3. The molecule has 1 aromatic carbocycles. The van der Waals surface area contributed by atoms with Crippen molar-refractivity contribution in [2.75, 3.05) is 18.0 Å². The Morgan fingerprint density at radius 3 is 2.84 bits per heavy atom. The lowest BCUT2D eigenvalue weighted by atomic mass is 9.97. The molecule has 126 valence electrons. The van der Waals surface area contributed by atoms with Crippen molar-refractivity contribution in [3.63, 3.8) is 0 Å². The van der Waals surface area contributed by atoms with E-state index in [4.69, 9.17) is 0 Å². The molecule has 25 heavy (non-hydrogen) atoms. The molecule has 0 radical (unpaired) electrons. The fourth-order valence-electron chi connectivity index (χ4n) is 3.42. The summed E-state index contributed by atoms with van der Waals surface area (Å²) in [6.07, 6.45) is 6.54. The van der Waals surface area contributed by atoms with Crippen molar-refractivity contribution in [3.8, 4) is 0 Å². The van der Waals surface area contributed by atoms with Crippen LogP contribution in [0.4, 0.5) is 11.5 Å². The van der Waals surface area contributed by atoms with Crippen LogP contribution in [-0.2, 0) is 0 Å². The van der Waals surface area contributed by atoms with Crippen molar-refractivity contribution in [3.05, 3.63) is 70.0 Å². The largest absolute Gasteiger partial charge is 0.361 e. The molecule has 0 saturated carbocycles. The average molecular weight is 334 g/mol. The molecule has 0 unspecified atom stereocenters. The zero-order valence-electron chi connectivity index (χ0n) is 13.9. The maximum Gasteiger partial charge on any atom is 0.287 e. The number of hydrogen-bond donors (Lipinski definition) is 1. The minimum atomic E-state index is -0.426. The van der Waals surface area contributed by atoms with Gasteiger partial charge in [-0.25, -0.2) is 4.98 Å². The highest BCUT2D eigenvalue weighted by Crippen LogP contribution is 2.32. The summed E-state index contributed by atoms with van der Waals surface area (Å²) in [5.74, 6) is 0.774. The van der Waals surface area contributed by atoms with Gasteiger partial charge in [-0.15, -0.1) is 0 Å². The predicted octanol–water partition coefficient (Wildman–Crippen LogP) is 4.07. The third kappa shape index (κ3) is 2.76. The molecular weight excluding hydrogens is 316 g/mol. The van der Waals surface area contributed by atoms with Gasteiger partial charge >= 0.3 is 0 Å². The SMILES string of the molecule is Cc1cccc2[nH]cc(C3=CCN(c4ccc([N+](=O)[O-])cn4)CC3)c12. The summed E-state index contributed by atoms with van der Waals surface area (Å²) in [5, 5.41) is 12.0. The topological polar surface area (TPSA) is 75.1 Å². The molecule has 0 fully saturated rings. The number of pyridine rings is 1. The first-order chi connectivity index (χ1) is 12.1. The zero-order valence-corrected chi connectivity index (χ0v) is 13.9. The molecule has 1 aliphatic rings. The summed E-state index contributed by atoms with van der Waals surface area (Å²) >= 11 is 0. The highest BCUT2D eigenvalue weighted by atomic mass is 16.6. The number of aryl methyl sites for hydroxylation is 1.